The van der Waals surface area contributed by atoms with Gasteiger partial charge in [-0.1, -0.05) is 0 Å². The molecule has 0 spiro atoms. The highest BCUT2D eigenvalue weighted by molar-refractivity contribution is 14.1. The Morgan fingerprint density at radius 1 is 1.38 bits per heavy atom. The number of methoxy groups -OCH3 is 2. The van der Waals surface area contributed by atoms with Crippen molar-refractivity contribution in [2.75, 3.05) is 21.0 Å². The van der Waals surface area contributed by atoms with Crippen LogP contribution in [0.25, 0.3) is 0 Å². The monoisotopic (exact) mass is 295 g/mol. The van der Waals surface area contributed by atoms with Crippen LogP contribution >= 0.6 is 22.6 Å². The molecule has 72 valence electrons. The van der Waals surface area contributed by atoms with Gasteiger partial charge in [-0.25, -0.2) is 4.98 Å². The van der Waals surface area contributed by atoms with Gasteiger partial charge in [0, 0.05) is 13.2 Å². The summed E-state index contributed by atoms with van der Waals surface area (Å²) in [4.78, 5) is 4.07. The van der Waals surface area contributed by atoms with Crippen LogP contribution in [0, 0.1) is 3.70 Å². The van der Waals surface area contributed by atoms with Gasteiger partial charge in [0.2, 0.25) is 0 Å². The van der Waals surface area contributed by atoms with Crippen LogP contribution in [0.3, 0.4) is 0 Å². The standard InChI is InChI=1S/C8H10INO3/c1-11-5-13-7-4-10-8(9)3-6(7)12-2/h3-4H,5H2,1-2H3. The second-order valence-electron chi connectivity index (χ2n) is 2.21. The quantitative estimate of drug-likeness (QED) is 0.481. The van der Waals surface area contributed by atoms with Gasteiger partial charge in [-0.05, 0) is 22.6 Å². The summed E-state index contributed by atoms with van der Waals surface area (Å²) in [5, 5.41) is 0. The van der Waals surface area contributed by atoms with Crippen molar-refractivity contribution in [3.05, 3.63) is 16.0 Å². The lowest BCUT2D eigenvalue weighted by molar-refractivity contribution is 0.0488. The number of nitrogens with zero attached hydrogens (tertiary/aromatic N) is 1. The summed E-state index contributed by atoms with van der Waals surface area (Å²) in [6.07, 6.45) is 1.61. The van der Waals surface area contributed by atoms with Crippen molar-refractivity contribution in [1.29, 1.82) is 0 Å². The van der Waals surface area contributed by atoms with Gasteiger partial charge in [0.25, 0.3) is 0 Å². The van der Waals surface area contributed by atoms with Crippen molar-refractivity contribution < 1.29 is 14.2 Å². The second-order valence-corrected chi connectivity index (χ2v) is 3.31. The van der Waals surface area contributed by atoms with Gasteiger partial charge in [0.1, 0.15) is 3.70 Å². The molecule has 4 nitrogen and oxygen atoms in total. The molecule has 13 heavy (non-hydrogen) atoms. The third-order valence-corrected chi connectivity index (χ3v) is 1.94. The van der Waals surface area contributed by atoms with E-state index in [2.05, 4.69) is 27.6 Å². The highest BCUT2D eigenvalue weighted by atomic mass is 127. The zero-order valence-corrected chi connectivity index (χ0v) is 9.57. The van der Waals surface area contributed by atoms with Gasteiger partial charge in [0.05, 0.1) is 13.3 Å². The topological polar surface area (TPSA) is 40.6 Å². The highest BCUT2D eigenvalue weighted by Gasteiger charge is 2.04. The van der Waals surface area contributed by atoms with Crippen LogP contribution in [0.1, 0.15) is 0 Å². The summed E-state index contributed by atoms with van der Waals surface area (Å²) in [5.74, 6) is 1.25. The number of halogens is 1. The molecule has 0 radical (unpaired) electrons. The van der Waals surface area contributed by atoms with E-state index < -0.39 is 0 Å². The molecule has 0 bridgehead atoms. The van der Waals surface area contributed by atoms with E-state index in [1.807, 2.05) is 0 Å². The third-order valence-electron chi connectivity index (χ3n) is 1.35. The molecule has 0 atom stereocenters. The molecular formula is C8H10INO3. The summed E-state index contributed by atoms with van der Waals surface area (Å²) < 4.78 is 15.9. The maximum Gasteiger partial charge on any atom is 0.189 e. The molecule has 0 unspecified atom stereocenters. The Labute approximate surface area is 90.3 Å². The van der Waals surface area contributed by atoms with E-state index in [0.717, 1.165) is 3.70 Å². The predicted octanol–water partition coefficient (Wildman–Crippen LogP) is 1.68. The third kappa shape index (κ3) is 3.00. The molecule has 0 saturated carbocycles. The molecule has 1 heterocycles. The molecule has 1 aromatic rings. The van der Waals surface area contributed by atoms with Crippen LogP contribution in [0.5, 0.6) is 11.5 Å². The number of aromatic nitrogens is 1. The summed E-state index contributed by atoms with van der Waals surface area (Å²) in [6.45, 7) is 0.193. The fourth-order valence-electron chi connectivity index (χ4n) is 0.791. The molecule has 0 saturated heterocycles. The first-order chi connectivity index (χ1) is 6.27. The molecule has 0 aromatic carbocycles. The lowest BCUT2D eigenvalue weighted by Gasteiger charge is -2.08. The van der Waals surface area contributed by atoms with Gasteiger partial charge in [-0.2, -0.15) is 0 Å². The van der Waals surface area contributed by atoms with Crippen LogP contribution in [0.2, 0.25) is 0 Å². The molecule has 0 aliphatic carbocycles. The Kier molecular flexibility index (Phi) is 4.23. The number of rotatable bonds is 4. The molecule has 1 rings (SSSR count). The van der Waals surface area contributed by atoms with E-state index in [9.17, 15) is 0 Å². The molecule has 0 fully saturated rings. The largest absolute Gasteiger partial charge is 0.493 e. The Bertz CT molecular complexity index is 280. The van der Waals surface area contributed by atoms with E-state index >= 15 is 0 Å². The van der Waals surface area contributed by atoms with Crippen molar-refractivity contribution in [2.45, 2.75) is 0 Å². The van der Waals surface area contributed by atoms with Crippen LogP contribution in [0.4, 0.5) is 0 Å². The van der Waals surface area contributed by atoms with E-state index in [0.29, 0.717) is 11.5 Å². The first-order valence-electron chi connectivity index (χ1n) is 3.59. The minimum absolute atomic E-state index is 0.193. The average Bonchev–Trinajstić information content (AvgIpc) is 2.16. The normalized spacial score (nSPS) is 9.77. The Hall–Kier alpha value is -0.560. The zero-order chi connectivity index (χ0) is 9.68. The van der Waals surface area contributed by atoms with Crippen molar-refractivity contribution in [1.82, 2.24) is 4.98 Å². The fourth-order valence-corrected chi connectivity index (χ4v) is 1.21. The molecule has 5 heteroatoms. The Morgan fingerprint density at radius 2 is 2.15 bits per heavy atom. The van der Waals surface area contributed by atoms with E-state index in [1.165, 1.54) is 0 Å². The molecule has 0 N–H and O–H groups in total. The number of pyridine rings is 1. The van der Waals surface area contributed by atoms with E-state index in [1.54, 1.807) is 26.5 Å². The predicted molar refractivity (Wildman–Crippen MR) is 56.0 cm³/mol. The molecule has 0 aliphatic rings. The summed E-state index contributed by atoms with van der Waals surface area (Å²) in [7, 11) is 3.15. The second kappa shape index (κ2) is 5.23. The van der Waals surface area contributed by atoms with Crippen LogP contribution in [-0.2, 0) is 4.74 Å². The van der Waals surface area contributed by atoms with Crippen molar-refractivity contribution in [2.24, 2.45) is 0 Å². The first kappa shape index (κ1) is 10.5. The van der Waals surface area contributed by atoms with Crippen molar-refractivity contribution in [3.8, 4) is 11.5 Å². The maximum atomic E-state index is 5.22. The fraction of sp³-hybridized carbons (Fsp3) is 0.375. The van der Waals surface area contributed by atoms with Gasteiger partial charge >= 0.3 is 0 Å². The minimum atomic E-state index is 0.193. The zero-order valence-electron chi connectivity index (χ0n) is 7.41. The molecule has 1 aromatic heterocycles. The Morgan fingerprint density at radius 3 is 2.77 bits per heavy atom. The number of hydrogen-bond acceptors (Lipinski definition) is 4. The maximum absolute atomic E-state index is 5.22. The summed E-state index contributed by atoms with van der Waals surface area (Å²) >= 11 is 2.11. The SMILES string of the molecule is COCOc1cnc(I)cc1OC. The Balaban J connectivity index is 2.79. The number of hydrogen-bond donors (Lipinski definition) is 0. The molecular weight excluding hydrogens is 285 g/mol. The average molecular weight is 295 g/mol. The van der Waals surface area contributed by atoms with Crippen LogP contribution in [0.15, 0.2) is 12.3 Å². The lowest BCUT2D eigenvalue weighted by atomic mass is 10.4. The van der Waals surface area contributed by atoms with Crippen LogP contribution in [-0.4, -0.2) is 26.0 Å². The van der Waals surface area contributed by atoms with E-state index in [4.69, 9.17) is 14.2 Å². The van der Waals surface area contributed by atoms with E-state index in [-0.39, 0.29) is 6.79 Å². The van der Waals surface area contributed by atoms with Gasteiger partial charge in [0.15, 0.2) is 18.3 Å². The highest BCUT2D eigenvalue weighted by Crippen LogP contribution is 2.26. The number of ether oxygens (including phenoxy) is 3. The smallest absolute Gasteiger partial charge is 0.189 e. The summed E-state index contributed by atoms with van der Waals surface area (Å²) in [5.41, 5.74) is 0. The van der Waals surface area contributed by atoms with Gasteiger partial charge in [-0.15, -0.1) is 0 Å². The molecule has 0 amide bonds. The van der Waals surface area contributed by atoms with Gasteiger partial charge in [-0.3, -0.25) is 0 Å². The van der Waals surface area contributed by atoms with Crippen molar-refractivity contribution >= 4 is 22.6 Å². The molecule has 0 aliphatic heterocycles. The van der Waals surface area contributed by atoms with Gasteiger partial charge < -0.3 is 14.2 Å². The van der Waals surface area contributed by atoms with Crippen LogP contribution < -0.4 is 9.47 Å². The van der Waals surface area contributed by atoms with Crippen molar-refractivity contribution in [3.63, 3.8) is 0 Å². The lowest BCUT2D eigenvalue weighted by Crippen LogP contribution is -2.01. The summed E-state index contributed by atoms with van der Waals surface area (Å²) in [6, 6.07) is 1.80. The minimum Gasteiger partial charge on any atom is -0.493 e. The first-order valence-corrected chi connectivity index (χ1v) is 4.67.